The molecule has 2 aromatic heterocycles. The Hall–Kier alpha value is -2.43. The lowest BCUT2D eigenvalue weighted by Crippen LogP contribution is -2.06. The van der Waals surface area contributed by atoms with Crippen molar-refractivity contribution in [2.45, 2.75) is 6.54 Å². The summed E-state index contributed by atoms with van der Waals surface area (Å²) >= 11 is 0. The van der Waals surface area contributed by atoms with E-state index in [1.54, 1.807) is 6.20 Å². The van der Waals surface area contributed by atoms with Crippen molar-refractivity contribution in [3.63, 3.8) is 0 Å². The van der Waals surface area contributed by atoms with Crippen molar-refractivity contribution in [3.05, 3.63) is 48.3 Å². The molecule has 5 nitrogen and oxygen atoms in total. The molecule has 0 saturated carbocycles. The first kappa shape index (κ1) is 9.77. The molecule has 2 N–H and O–H groups in total. The Bertz CT molecular complexity index is 644. The minimum absolute atomic E-state index is 0.497. The van der Waals surface area contributed by atoms with Crippen LogP contribution in [0.5, 0.6) is 0 Å². The molecule has 5 heteroatoms. The van der Waals surface area contributed by atoms with E-state index in [2.05, 4.69) is 15.2 Å². The zero-order chi connectivity index (χ0) is 11.7. The maximum absolute atomic E-state index is 5.90. The summed E-state index contributed by atoms with van der Waals surface area (Å²) in [6.07, 6.45) is 1.65. The summed E-state index contributed by atoms with van der Waals surface area (Å²) in [5, 5.41) is 7.90. The number of imidazole rings is 1. The van der Waals surface area contributed by atoms with Gasteiger partial charge in [-0.15, -0.1) is 0 Å². The summed E-state index contributed by atoms with van der Waals surface area (Å²) in [6, 6.07) is 11.6. The molecule has 0 amide bonds. The smallest absolute Gasteiger partial charge is 0.201 e. The van der Waals surface area contributed by atoms with E-state index in [0.717, 1.165) is 16.7 Å². The Labute approximate surface area is 97.9 Å². The summed E-state index contributed by atoms with van der Waals surface area (Å²) < 4.78 is 1.93. The fourth-order valence-electron chi connectivity index (χ4n) is 1.84. The van der Waals surface area contributed by atoms with Crippen LogP contribution in [0.25, 0.3) is 11.0 Å². The highest BCUT2D eigenvalue weighted by molar-refractivity contribution is 5.78. The molecular formula is C12H11N5. The van der Waals surface area contributed by atoms with Crippen LogP contribution in [0, 0.1) is 0 Å². The third kappa shape index (κ3) is 1.71. The molecule has 0 spiro atoms. The average Bonchev–Trinajstić information content (AvgIpc) is 2.68. The van der Waals surface area contributed by atoms with Crippen LogP contribution in [-0.2, 0) is 6.54 Å². The molecule has 0 atom stereocenters. The average molecular weight is 225 g/mol. The lowest BCUT2D eigenvalue weighted by Gasteiger charge is -2.04. The minimum Gasteiger partial charge on any atom is -0.369 e. The van der Waals surface area contributed by atoms with Gasteiger partial charge in [0.2, 0.25) is 5.95 Å². The highest BCUT2D eigenvalue weighted by Gasteiger charge is 2.08. The molecule has 2 heterocycles. The van der Waals surface area contributed by atoms with Crippen molar-refractivity contribution in [1.29, 1.82) is 0 Å². The molecular weight excluding hydrogens is 214 g/mol. The summed E-state index contributed by atoms with van der Waals surface area (Å²) in [7, 11) is 0. The minimum atomic E-state index is 0.497. The Morgan fingerprint density at radius 2 is 2.00 bits per heavy atom. The van der Waals surface area contributed by atoms with Crippen LogP contribution in [0.2, 0.25) is 0 Å². The number of rotatable bonds is 2. The quantitative estimate of drug-likeness (QED) is 0.716. The topological polar surface area (TPSA) is 69.6 Å². The molecule has 3 rings (SSSR count). The second kappa shape index (κ2) is 3.86. The van der Waals surface area contributed by atoms with Crippen LogP contribution >= 0.6 is 0 Å². The first-order chi connectivity index (χ1) is 8.34. The van der Waals surface area contributed by atoms with Crippen LogP contribution in [0.3, 0.4) is 0 Å². The Morgan fingerprint density at radius 3 is 2.82 bits per heavy atom. The molecule has 0 aliphatic heterocycles. The molecule has 17 heavy (non-hydrogen) atoms. The van der Waals surface area contributed by atoms with Crippen molar-refractivity contribution in [3.8, 4) is 0 Å². The zero-order valence-electron chi connectivity index (χ0n) is 9.11. The van der Waals surface area contributed by atoms with E-state index in [-0.39, 0.29) is 0 Å². The van der Waals surface area contributed by atoms with E-state index in [1.165, 1.54) is 0 Å². The van der Waals surface area contributed by atoms with E-state index < -0.39 is 0 Å². The number of nitrogen functional groups attached to an aromatic ring is 1. The van der Waals surface area contributed by atoms with E-state index in [1.807, 2.05) is 41.0 Å². The standard InChI is InChI=1S/C12H11N5/c13-12-15-10-5-1-2-6-11(10)17(12)8-9-4-3-7-14-16-9/h1-7H,8H2,(H2,13,15). The van der Waals surface area contributed by atoms with Gasteiger partial charge < -0.3 is 10.3 Å². The van der Waals surface area contributed by atoms with Gasteiger partial charge in [0.15, 0.2) is 0 Å². The molecule has 0 saturated heterocycles. The fourth-order valence-corrected chi connectivity index (χ4v) is 1.84. The van der Waals surface area contributed by atoms with Gasteiger partial charge >= 0.3 is 0 Å². The van der Waals surface area contributed by atoms with Gasteiger partial charge in [-0.05, 0) is 24.3 Å². The van der Waals surface area contributed by atoms with Crippen molar-refractivity contribution in [2.75, 3.05) is 5.73 Å². The molecule has 0 bridgehead atoms. The summed E-state index contributed by atoms with van der Waals surface area (Å²) in [5.41, 5.74) is 8.68. The number of para-hydroxylation sites is 2. The second-order valence-electron chi connectivity index (χ2n) is 3.76. The lowest BCUT2D eigenvalue weighted by molar-refractivity contribution is 0.782. The largest absolute Gasteiger partial charge is 0.369 e. The van der Waals surface area contributed by atoms with E-state index >= 15 is 0 Å². The maximum atomic E-state index is 5.90. The van der Waals surface area contributed by atoms with Crippen molar-refractivity contribution < 1.29 is 0 Å². The van der Waals surface area contributed by atoms with E-state index in [9.17, 15) is 0 Å². The van der Waals surface area contributed by atoms with Gasteiger partial charge in [0.25, 0.3) is 0 Å². The number of benzene rings is 1. The highest BCUT2D eigenvalue weighted by atomic mass is 15.2. The van der Waals surface area contributed by atoms with E-state index in [0.29, 0.717) is 12.5 Å². The second-order valence-corrected chi connectivity index (χ2v) is 3.76. The van der Waals surface area contributed by atoms with Crippen molar-refractivity contribution in [1.82, 2.24) is 19.7 Å². The van der Waals surface area contributed by atoms with Crippen LogP contribution in [-0.4, -0.2) is 19.7 Å². The fraction of sp³-hybridized carbons (Fsp3) is 0.0833. The predicted octanol–water partition coefficient (Wildman–Crippen LogP) is 1.46. The van der Waals surface area contributed by atoms with Crippen LogP contribution in [0.15, 0.2) is 42.6 Å². The number of nitrogens with two attached hydrogens (primary N) is 1. The number of aromatic nitrogens is 4. The monoisotopic (exact) mass is 225 g/mol. The molecule has 0 radical (unpaired) electrons. The van der Waals surface area contributed by atoms with Gasteiger partial charge in [-0.3, -0.25) is 0 Å². The molecule has 1 aromatic carbocycles. The van der Waals surface area contributed by atoms with Crippen molar-refractivity contribution >= 4 is 17.0 Å². The third-order valence-electron chi connectivity index (χ3n) is 2.63. The van der Waals surface area contributed by atoms with Gasteiger partial charge in [0.05, 0.1) is 23.3 Å². The molecule has 84 valence electrons. The Kier molecular flexibility index (Phi) is 2.22. The Morgan fingerprint density at radius 1 is 1.12 bits per heavy atom. The summed E-state index contributed by atoms with van der Waals surface area (Å²) in [6.45, 7) is 0.584. The summed E-state index contributed by atoms with van der Waals surface area (Å²) in [4.78, 5) is 4.30. The van der Waals surface area contributed by atoms with Gasteiger partial charge in [-0.1, -0.05) is 12.1 Å². The maximum Gasteiger partial charge on any atom is 0.201 e. The highest BCUT2D eigenvalue weighted by Crippen LogP contribution is 2.18. The molecule has 0 aliphatic rings. The van der Waals surface area contributed by atoms with Crippen LogP contribution in [0.1, 0.15) is 5.69 Å². The number of anilines is 1. The first-order valence-corrected chi connectivity index (χ1v) is 5.32. The van der Waals surface area contributed by atoms with Gasteiger partial charge in [0.1, 0.15) is 0 Å². The molecule has 0 aliphatic carbocycles. The van der Waals surface area contributed by atoms with Crippen molar-refractivity contribution in [2.24, 2.45) is 0 Å². The SMILES string of the molecule is Nc1nc2ccccc2n1Cc1cccnn1. The molecule has 0 fully saturated rings. The molecule has 0 unspecified atom stereocenters. The van der Waals surface area contributed by atoms with Crippen LogP contribution < -0.4 is 5.73 Å². The third-order valence-corrected chi connectivity index (χ3v) is 2.63. The number of nitrogens with zero attached hydrogens (tertiary/aromatic N) is 4. The normalized spacial score (nSPS) is 10.8. The first-order valence-electron chi connectivity index (χ1n) is 5.32. The Balaban J connectivity index is 2.08. The summed E-state index contributed by atoms with van der Waals surface area (Å²) in [5.74, 6) is 0.497. The lowest BCUT2D eigenvalue weighted by atomic mass is 10.3. The van der Waals surface area contributed by atoms with Gasteiger partial charge in [-0.2, -0.15) is 10.2 Å². The number of fused-ring (bicyclic) bond motifs is 1. The van der Waals surface area contributed by atoms with Gasteiger partial charge in [0, 0.05) is 6.20 Å². The molecule has 3 aromatic rings. The number of hydrogen-bond acceptors (Lipinski definition) is 4. The number of hydrogen-bond donors (Lipinski definition) is 1. The van der Waals surface area contributed by atoms with Gasteiger partial charge in [-0.25, -0.2) is 4.98 Å². The zero-order valence-corrected chi connectivity index (χ0v) is 9.11. The van der Waals surface area contributed by atoms with E-state index in [4.69, 9.17) is 5.73 Å². The van der Waals surface area contributed by atoms with Crippen LogP contribution in [0.4, 0.5) is 5.95 Å². The predicted molar refractivity (Wildman–Crippen MR) is 65.3 cm³/mol.